The maximum atomic E-state index is 11.7. The van der Waals surface area contributed by atoms with E-state index in [4.69, 9.17) is 0 Å². The lowest BCUT2D eigenvalue weighted by Crippen LogP contribution is -2.59. The number of piperidine rings is 1. The van der Waals surface area contributed by atoms with Gasteiger partial charge in [-0.05, 0) is 44.4 Å². The molecule has 3 fully saturated rings. The average Bonchev–Trinajstić information content (AvgIpc) is 2.47. The van der Waals surface area contributed by atoms with Crippen LogP contribution in [0.15, 0.2) is 0 Å². The quantitative estimate of drug-likeness (QED) is 0.840. The van der Waals surface area contributed by atoms with E-state index in [-0.39, 0.29) is 6.04 Å². The number of carboxylic acid groups (broad SMARTS) is 1. The zero-order valence-corrected chi connectivity index (χ0v) is 13.0. The molecule has 0 spiro atoms. The highest BCUT2D eigenvalue weighted by Gasteiger charge is 2.44. The molecule has 0 bridgehead atoms. The van der Waals surface area contributed by atoms with Crippen LogP contribution in [-0.4, -0.2) is 45.3 Å². The van der Waals surface area contributed by atoms with Crippen LogP contribution in [-0.2, 0) is 4.79 Å². The van der Waals surface area contributed by atoms with Crippen molar-refractivity contribution in [3.8, 4) is 0 Å². The van der Waals surface area contributed by atoms with Crippen molar-refractivity contribution >= 4 is 5.97 Å². The van der Waals surface area contributed by atoms with Gasteiger partial charge in [0.1, 0.15) is 6.04 Å². The number of carboxylic acids is 1. The number of hydrogen-bond acceptors (Lipinski definition) is 3. The van der Waals surface area contributed by atoms with Crippen molar-refractivity contribution < 1.29 is 15.0 Å². The molecule has 3 atom stereocenters. The third kappa shape index (κ3) is 3.26. The minimum Gasteiger partial charge on any atom is -0.480 e. The van der Waals surface area contributed by atoms with Crippen LogP contribution in [0.2, 0.25) is 0 Å². The maximum absolute atomic E-state index is 11.7. The number of rotatable bonds is 3. The summed E-state index contributed by atoms with van der Waals surface area (Å²) in [6.07, 6.45) is 11.7. The molecule has 0 aromatic rings. The van der Waals surface area contributed by atoms with Gasteiger partial charge >= 0.3 is 5.97 Å². The van der Waals surface area contributed by atoms with E-state index < -0.39 is 11.6 Å². The van der Waals surface area contributed by atoms with E-state index in [0.29, 0.717) is 18.5 Å². The molecule has 2 N–H and O–H groups in total. The lowest BCUT2D eigenvalue weighted by Gasteiger charge is -2.50. The second kappa shape index (κ2) is 6.25. The SMILES string of the molecule is O=C(O)C1CCC2CCCCC2N1CC1(O)CCCCC1. The van der Waals surface area contributed by atoms with Crippen LogP contribution >= 0.6 is 0 Å². The number of aliphatic hydroxyl groups is 1. The third-order valence-electron chi connectivity index (χ3n) is 6.05. The smallest absolute Gasteiger partial charge is 0.320 e. The first-order chi connectivity index (χ1) is 10.1. The monoisotopic (exact) mass is 295 g/mol. The van der Waals surface area contributed by atoms with Crippen molar-refractivity contribution in [2.24, 2.45) is 5.92 Å². The van der Waals surface area contributed by atoms with E-state index in [9.17, 15) is 15.0 Å². The van der Waals surface area contributed by atoms with Crippen LogP contribution < -0.4 is 0 Å². The van der Waals surface area contributed by atoms with Crippen molar-refractivity contribution in [1.29, 1.82) is 0 Å². The summed E-state index contributed by atoms with van der Waals surface area (Å²) < 4.78 is 0. The topological polar surface area (TPSA) is 60.8 Å². The van der Waals surface area contributed by atoms with Gasteiger partial charge in [-0.2, -0.15) is 0 Å². The molecule has 3 rings (SSSR count). The third-order valence-corrected chi connectivity index (χ3v) is 6.05. The van der Waals surface area contributed by atoms with Gasteiger partial charge < -0.3 is 10.2 Å². The molecule has 0 aromatic heterocycles. The highest BCUT2D eigenvalue weighted by molar-refractivity contribution is 5.73. The Balaban J connectivity index is 1.77. The maximum Gasteiger partial charge on any atom is 0.320 e. The Morgan fingerprint density at radius 1 is 1.00 bits per heavy atom. The summed E-state index contributed by atoms with van der Waals surface area (Å²) in [6, 6.07) is 0.00912. The molecule has 2 aliphatic carbocycles. The Hall–Kier alpha value is -0.610. The van der Waals surface area contributed by atoms with Crippen molar-refractivity contribution in [3.63, 3.8) is 0 Å². The van der Waals surface area contributed by atoms with E-state index in [1.165, 1.54) is 25.7 Å². The molecule has 3 aliphatic rings. The molecular formula is C17H29NO3. The van der Waals surface area contributed by atoms with Crippen molar-refractivity contribution in [2.45, 2.75) is 88.3 Å². The lowest BCUT2D eigenvalue weighted by molar-refractivity contribution is -0.152. The van der Waals surface area contributed by atoms with Gasteiger partial charge in [0.2, 0.25) is 0 Å². The van der Waals surface area contributed by atoms with Crippen LogP contribution in [0, 0.1) is 5.92 Å². The summed E-state index contributed by atoms with van der Waals surface area (Å²) in [5.41, 5.74) is -0.648. The van der Waals surface area contributed by atoms with Crippen molar-refractivity contribution in [1.82, 2.24) is 4.90 Å². The molecule has 4 heteroatoms. The number of carbonyl (C=O) groups is 1. The summed E-state index contributed by atoms with van der Waals surface area (Å²) in [6.45, 7) is 0.575. The van der Waals surface area contributed by atoms with Gasteiger partial charge in [0.25, 0.3) is 0 Å². The van der Waals surface area contributed by atoms with Gasteiger partial charge in [-0.3, -0.25) is 9.69 Å². The van der Waals surface area contributed by atoms with E-state index in [0.717, 1.165) is 44.9 Å². The Morgan fingerprint density at radius 2 is 1.71 bits per heavy atom. The number of aliphatic carboxylic acids is 1. The second-order valence-electron chi connectivity index (χ2n) is 7.50. The average molecular weight is 295 g/mol. The van der Waals surface area contributed by atoms with E-state index in [1.54, 1.807) is 0 Å². The Kier molecular flexibility index (Phi) is 4.55. The van der Waals surface area contributed by atoms with Crippen LogP contribution in [0.4, 0.5) is 0 Å². The molecule has 4 nitrogen and oxygen atoms in total. The zero-order valence-electron chi connectivity index (χ0n) is 13.0. The number of likely N-dealkylation sites (tertiary alicyclic amines) is 1. The second-order valence-corrected chi connectivity index (χ2v) is 7.50. The van der Waals surface area contributed by atoms with Gasteiger partial charge in [-0.1, -0.05) is 32.1 Å². The molecule has 1 saturated heterocycles. The summed E-state index contributed by atoms with van der Waals surface area (Å²) in [5.74, 6) is -0.0417. The van der Waals surface area contributed by atoms with Crippen LogP contribution in [0.25, 0.3) is 0 Å². The highest BCUT2D eigenvalue weighted by atomic mass is 16.4. The number of fused-ring (bicyclic) bond motifs is 1. The molecule has 120 valence electrons. The molecule has 0 amide bonds. The summed E-state index contributed by atoms with van der Waals surface area (Å²) >= 11 is 0. The zero-order chi connectivity index (χ0) is 14.9. The fourth-order valence-electron chi connectivity index (χ4n) is 4.93. The number of nitrogens with zero attached hydrogens (tertiary/aromatic N) is 1. The van der Waals surface area contributed by atoms with Gasteiger partial charge in [-0.25, -0.2) is 0 Å². The first-order valence-corrected chi connectivity index (χ1v) is 8.80. The van der Waals surface area contributed by atoms with Gasteiger partial charge in [0.05, 0.1) is 5.60 Å². The Bertz CT molecular complexity index is 378. The number of β-amino-alcohol motifs (C(OH)–C–C–N with tert-alkyl or cyclic N) is 1. The summed E-state index contributed by atoms with van der Waals surface area (Å²) in [7, 11) is 0. The minimum absolute atomic E-state index is 0.379. The van der Waals surface area contributed by atoms with Crippen molar-refractivity contribution in [3.05, 3.63) is 0 Å². The molecule has 1 aliphatic heterocycles. The minimum atomic E-state index is -0.696. The van der Waals surface area contributed by atoms with E-state index in [2.05, 4.69) is 4.90 Å². The first kappa shape index (κ1) is 15.3. The first-order valence-electron chi connectivity index (χ1n) is 8.80. The van der Waals surface area contributed by atoms with Crippen LogP contribution in [0.1, 0.15) is 70.6 Å². The normalized spacial score (nSPS) is 36.9. The van der Waals surface area contributed by atoms with E-state index in [1.807, 2.05) is 0 Å². The molecule has 3 unspecified atom stereocenters. The summed E-state index contributed by atoms with van der Waals surface area (Å²) in [5, 5.41) is 20.5. The van der Waals surface area contributed by atoms with E-state index >= 15 is 0 Å². The summed E-state index contributed by atoms with van der Waals surface area (Å²) in [4.78, 5) is 13.8. The molecule has 1 heterocycles. The van der Waals surface area contributed by atoms with Crippen LogP contribution in [0.5, 0.6) is 0 Å². The fraction of sp³-hybridized carbons (Fsp3) is 0.941. The molecule has 21 heavy (non-hydrogen) atoms. The van der Waals surface area contributed by atoms with Crippen molar-refractivity contribution in [2.75, 3.05) is 6.54 Å². The fourth-order valence-corrected chi connectivity index (χ4v) is 4.93. The van der Waals surface area contributed by atoms with Gasteiger partial charge in [-0.15, -0.1) is 0 Å². The van der Waals surface area contributed by atoms with Gasteiger partial charge in [0, 0.05) is 12.6 Å². The van der Waals surface area contributed by atoms with Gasteiger partial charge in [0.15, 0.2) is 0 Å². The largest absolute Gasteiger partial charge is 0.480 e. The standard InChI is InChI=1S/C17H29NO3/c19-16(20)15-9-8-13-6-2-3-7-14(13)18(15)12-17(21)10-4-1-5-11-17/h13-15,21H,1-12H2,(H,19,20). The predicted molar refractivity (Wildman–Crippen MR) is 81.1 cm³/mol. The molecule has 0 aromatic carbocycles. The lowest BCUT2D eigenvalue weighted by atomic mass is 9.75. The molecule has 2 saturated carbocycles. The number of hydrogen-bond donors (Lipinski definition) is 2. The highest BCUT2D eigenvalue weighted by Crippen LogP contribution is 2.40. The Morgan fingerprint density at radius 3 is 2.43 bits per heavy atom. The molecular weight excluding hydrogens is 266 g/mol. The predicted octanol–water partition coefficient (Wildman–Crippen LogP) is 2.79. The van der Waals surface area contributed by atoms with Crippen LogP contribution in [0.3, 0.4) is 0 Å². The Labute approximate surface area is 127 Å². The molecule has 0 radical (unpaired) electrons.